The molecule has 2 aromatic heterocycles. The molecule has 102 valence electrons. The first-order valence-corrected chi connectivity index (χ1v) is 7.85. The number of likely N-dealkylation sites (N-methyl/N-ethyl adjacent to an activating group) is 1. The van der Waals surface area contributed by atoms with Crippen molar-refractivity contribution in [2.75, 3.05) is 6.54 Å². The first-order chi connectivity index (χ1) is 9.27. The highest BCUT2D eigenvalue weighted by Crippen LogP contribution is 2.35. The van der Waals surface area contributed by atoms with Crippen LogP contribution in [0.25, 0.3) is 0 Å². The standard InChI is InChI=1S/C16H22N2S/c1-4-13-8-11-19-16(13)15(18-5-2)12(3)14-6-9-17-10-7-14/h6-12,15,18H,4-5H2,1-3H3. The van der Waals surface area contributed by atoms with Crippen LogP contribution in [0.5, 0.6) is 0 Å². The van der Waals surface area contributed by atoms with Crippen molar-refractivity contribution in [2.24, 2.45) is 0 Å². The molecular formula is C16H22N2S. The highest BCUT2D eigenvalue weighted by Gasteiger charge is 2.23. The molecule has 2 nitrogen and oxygen atoms in total. The zero-order valence-electron chi connectivity index (χ0n) is 11.9. The lowest BCUT2D eigenvalue weighted by Crippen LogP contribution is -2.25. The van der Waals surface area contributed by atoms with Crippen molar-refractivity contribution in [3.63, 3.8) is 0 Å². The van der Waals surface area contributed by atoms with E-state index in [9.17, 15) is 0 Å². The number of hydrogen-bond acceptors (Lipinski definition) is 3. The molecule has 1 N–H and O–H groups in total. The minimum atomic E-state index is 0.391. The van der Waals surface area contributed by atoms with E-state index < -0.39 is 0 Å². The number of rotatable bonds is 6. The Morgan fingerprint density at radius 3 is 2.58 bits per heavy atom. The number of thiophene rings is 1. The van der Waals surface area contributed by atoms with Crippen LogP contribution in [0.1, 0.15) is 48.7 Å². The molecule has 2 atom stereocenters. The van der Waals surface area contributed by atoms with E-state index in [0.717, 1.165) is 13.0 Å². The second-order valence-electron chi connectivity index (χ2n) is 4.77. The van der Waals surface area contributed by atoms with E-state index in [-0.39, 0.29) is 0 Å². The molecule has 0 bridgehead atoms. The molecule has 2 aromatic rings. The van der Waals surface area contributed by atoms with Gasteiger partial charge in [-0.1, -0.05) is 20.8 Å². The summed E-state index contributed by atoms with van der Waals surface area (Å²) in [5.74, 6) is 0.451. The molecule has 3 heteroatoms. The van der Waals surface area contributed by atoms with Crippen LogP contribution in [0.15, 0.2) is 36.0 Å². The van der Waals surface area contributed by atoms with Crippen molar-refractivity contribution in [1.29, 1.82) is 0 Å². The number of nitrogens with one attached hydrogen (secondary N) is 1. The topological polar surface area (TPSA) is 24.9 Å². The highest BCUT2D eigenvalue weighted by atomic mass is 32.1. The van der Waals surface area contributed by atoms with Gasteiger partial charge in [-0.15, -0.1) is 11.3 Å². The summed E-state index contributed by atoms with van der Waals surface area (Å²) in [6.07, 6.45) is 4.86. The fraction of sp³-hybridized carbons (Fsp3) is 0.438. The van der Waals surface area contributed by atoms with Crippen LogP contribution in [0.4, 0.5) is 0 Å². The van der Waals surface area contributed by atoms with Gasteiger partial charge in [-0.3, -0.25) is 4.98 Å². The third-order valence-corrected chi connectivity index (χ3v) is 4.64. The van der Waals surface area contributed by atoms with Gasteiger partial charge < -0.3 is 5.32 Å². The molecule has 19 heavy (non-hydrogen) atoms. The van der Waals surface area contributed by atoms with Gasteiger partial charge in [-0.05, 0) is 47.7 Å². The molecule has 0 spiro atoms. The molecule has 2 heterocycles. The van der Waals surface area contributed by atoms with E-state index >= 15 is 0 Å². The SMILES string of the molecule is CCNC(c1sccc1CC)C(C)c1ccncc1. The Morgan fingerprint density at radius 1 is 1.21 bits per heavy atom. The zero-order chi connectivity index (χ0) is 13.7. The third kappa shape index (κ3) is 3.23. The Kier molecular flexibility index (Phi) is 5.11. The molecule has 0 saturated carbocycles. The van der Waals surface area contributed by atoms with E-state index in [1.54, 1.807) is 0 Å². The van der Waals surface area contributed by atoms with Crippen molar-refractivity contribution < 1.29 is 0 Å². The lowest BCUT2D eigenvalue weighted by Gasteiger charge is -2.25. The summed E-state index contributed by atoms with van der Waals surface area (Å²) in [6, 6.07) is 6.88. The normalized spacial score (nSPS) is 14.3. The van der Waals surface area contributed by atoms with Crippen molar-refractivity contribution in [1.82, 2.24) is 10.3 Å². The second-order valence-corrected chi connectivity index (χ2v) is 5.72. The van der Waals surface area contributed by atoms with Crippen molar-refractivity contribution in [3.05, 3.63) is 52.0 Å². The minimum absolute atomic E-state index is 0.391. The molecule has 2 rings (SSSR count). The van der Waals surface area contributed by atoms with Crippen LogP contribution in [-0.4, -0.2) is 11.5 Å². The first-order valence-electron chi connectivity index (χ1n) is 6.97. The molecule has 0 aliphatic rings. The molecule has 0 fully saturated rings. The largest absolute Gasteiger partial charge is 0.309 e. The molecule has 0 saturated heterocycles. The maximum Gasteiger partial charge on any atom is 0.0484 e. The lowest BCUT2D eigenvalue weighted by atomic mass is 9.91. The first kappa shape index (κ1) is 14.2. The molecule has 2 unspecified atom stereocenters. The Labute approximate surface area is 119 Å². The zero-order valence-corrected chi connectivity index (χ0v) is 12.7. The maximum absolute atomic E-state index is 4.11. The fourth-order valence-electron chi connectivity index (χ4n) is 2.49. The molecule has 0 aliphatic heterocycles. The third-order valence-electron chi connectivity index (χ3n) is 3.60. The van der Waals surface area contributed by atoms with Gasteiger partial charge in [0.15, 0.2) is 0 Å². The monoisotopic (exact) mass is 274 g/mol. The van der Waals surface area contributed by atoms with Crippen LogP contribution in [0.2, 0.25) is 0 Å². The Hall–Kier alpha value is -1.19. The van der Waals surface area contributed by atoms with Gasteiger partial charge in [0, 0.05) is 29.2 Å². The number of pyridine rings is 1. The Bertz CT molecular complexity index is 492. The van der Waals surface area contributed by atoms with Gasteiger partial charge >= 0.3 is 0 Å². The second kappa shape index (κ2) is 6.83. The van der Waals surface area contributed by atoms with Crippen molar-refractivity contribution in [2.45, 2.75) is 39.2 Å². The summed E-state index contributed by atoms with van der Waals surface area (Å²) >= 11 is 1.87. The van der Waals surface area contributed by atoms with E-state index in [2.05, 4.69) is 54.7 Å². The van der Waals surface area contributed by atoms with Crippen LogP contribution < -0.4 is 5.32 Å². The number of nitrogens with zero attached hydrogens (tertiary/aromatic N) is 1. The van der Waals surface area contributed by atoms with Gasteiger partial charge in [-0.2, -0.15) is 0 Å². The summed E-state index contributed by atoms with van der Waals surface area (Å²) in [4.78, 5) is 5.59. The summed E-state index contributed by atoms with van der Waals surface area (Å²) in [5, 5.41) is 5.85. The summed E-state index contributed by atoms with van der Waals surface area (Å²) in [5.41, 5.74) is 2.81. The summed E-state index contributed by atoms with van der Waals surface area (Å²) < 4.78 is 0. The van der Waals surface area contributed by atoms with Crippen LogP contribution in [0, 0.1) is 0 Å². The summed E-state index contributed by atoms with van der Waals surface area (Å²) in [6.45, 7) is 7.68. The van der Waals surface area contributed by atoms with Crippen molar-refractivity contribution in [3.8, 4) is 0 Å². The molecule has 0 aliphatic carbocycles. The predicted molar refractivity (Wildman–Crippen MR) is 82.8 cm³/mol. The average molecular weight is 274 g/mol. The van der Waals surface area contributed by atoms with Gasteiger partial charge in [0.1, 0.15) is 0 Å². The van der Waals surface area contributed by atoms with E-state index in [1.807, 2.05) is 23.7 Å². The van der Waals surface area contributed by atoms with Crippen LogP contribution in [-0.2, 0) is 6.42 Å². The van der Waals surface area contributed by atoms with Gasteiger partial charge in [0.2, 0.25) is 0 Å². The van der Waals surface area contributed by atoms with Crippen LogP contribution >= 0.6 is 11.3 Å². The molecular weight excluding hydrogens is 252 g/mol. The average Bonchev–Trinajstić information content (AvgIpc) is 2.93. The Balaban J connectivity index is 2.30. The van der Waals surface area contributed by atoms with Gasteiger partial charge in [0.05, 0.1) is 0 Å². The van der Waals surface area contributed by atoms with E-state index in [4.69, 9.17) is 0 Å². The Morgan fingerprint density at radius 2 is 1.95 bits per heavy atom. The summed E-state index contributed by atoms with van der Waals surface area (Å²) in [7, 11) is 0. The number of aryl methyl sites for hydroxylation is 1. The van der Waals surface area contributed by atoms with Gasteiger partial charge in [0.25, 0.3) is 0 Å². The lowest BCUT2D eigenvalue weighted by molar-refractivity contribution is 0.483. The highest BCUT2D eigenvalue weighted by molar-refractivity contribution is 7.10. The molecule has 0 aromatic carbocycles. The molecule has 0 amide bonds. The van der Waals surface area contributed by atoms with E-state index in [0.29, 0.717) is 12.0 Å². The van der Waals surface area contributed by atoms with Crippen molar-refractivity contribution >= 4 is 11.3 Å². The molecule has 0 radical (unpaired) electrons. The number of hydrogen-bond donors (Lipinski definition) is 1. The maximum atomic E-state index is 4.11. The van der Waals surface area contributed by atoms with E-state index in [1.165, 1.54) is 16.0 Å². The van der Waals surface area contributed by atoms with Gasteiger partial charge in [-0.25, -0.2) is 0 Å². The predicted octanol–water partition coefficient (Wildman–Crippen LogP) is 4.16. The number of aromatic nitrogens is 1. The fourth-order valence-corrected chi connectivity index (χ4v) is 3.67. The smallest absolute Gasteiger partial charge is 0.0484 e. The quantitative estimate of drug-likeness (QED) is 0.855. The van der Waals surface area contributed by atoms with Crippen LogP contribution in [0.3, 0.4) is 0 Å². The minimum Gasteiger partial charge on any atom is -0.309 e.